The van der Waals surface area contributed by atoms with E-state index < -0.39 is 0 Å². The smallest absolute Gasteiger partial charge is 0.122 e. The van der Waals surface area contributed by atoms with Crippen LogP contribution in [0, 0.1) is 0 Å². The van der Waals surface area contributed by atoms with Crippen molar-refractivity contribution in [1.82, 2.24) is 9.38 Å². The first-order valence-electron chi connectivity index (χ1n) is 6.48. The van der Waals surface area contributed by atoms with Crippen molar-refractivity contribution in [2.24, 2.45) is 0 Å². The summed E-state index contributed by atoms with van der Waals surface area (Å²) in [5.41, 5.74) is 1.07. The molecule has 1 aliphatic rings. The van der Waals surface area contributed by atoms with Crippen molar-refractivity contribution in [2.75, 3.05) is 13.7 Å². The Morgan fingerprint density at radius 2 is 2.44 bits per heavy atom. The molecule has 0 aliphatic carbocycles. The SMILES string of the molecule is COc1ccn2c(CC3CCCCO3)ncc2c1. The zero-order valence-electron chi connectivity index (χ0n) is 10.6. The lowest BCUT2D eigenvalue weighted by Crippen LogP contribution is -2.22. The van der Waals surface area contributed by atoms with Crippen molar-refractivity contribution in [3.63, 3.8) is 0 Å². The largest absolute Gasteiger partial charge is 0.497 e. The number of rotatable bonds is 3. The maximum Gasteiger partial charge on any atom is 0.122 e. The third kappa shape index (κ3) is 2.20. The molecule has 0 bridgehead atoms. The van der Waals surface area contributed by atoms with Crippen LogP contribution in [0.5, 0.6) is 5.75 Å². The van der Waals surface area contributed by atoms with E-state index >= 15 is 0 Å². The van der Waals surface area contributed by atoms with E-state index in [-0.39, 0.29) is 0 Å². The van der Waals surface area contributed by atoms with Crippen LogP contribution in [-0.4, -0.2) is 29.2 Å². The third-order valence-electron chi connectivity index (χ3n) is 3.50. The highest BCUT2D eigenvalue weighted by Crippen LogP contribution is 2.19. The van der Waals surface area contributed by atoms with Gasteiger partial charge in [0.1, 0.15) is 11.6 Å². The molecule has 4 heteroatoms. The van der Waals surface area contributed by atoms with Crippen LogP contribution in [0.4, 0.5) is 0 Å². The highest BCUT2D eigenvalue weighted by Gasteiger charge is 2.16. The fourth-order valence-corrected chi connectivity index (χ4v) is 2.48. The highest BCUT2D eigenvalue weighted by molar-refractivity contribution is 5.50. The second kappa shape index (κ2) is 4.98. The monoisotopic (exact) mass is 246 g/mol. The second-order valence-electron chi connectivity index (χ2n) is 4.73. The molecule has 1 saturated heterocycles. The normalized spacial score (nSPS) is 20.2. The maximum atomic E-state index is 5.77. The van der Waals surface area contributed by atoms with Crippen LogP contribution < -0.4 is 4.74 Å². The molecule has 4 nitrogen and oxygen atoms in total. The molecule has 0 spiro atoms. The number of fused-ring (bicyclic) bond motifs is 1. The predicted octanol–water partition coefficient (Wildman–Crippen LogP) is 2.45. The van der Waals surface area contributed by atoms with Crippen LogP contribution in [0.1, 0.15) is 25.1 Å². The number of hydrogen-bond acceptors (Lipinski definition) is 3. The Kier molecular flexibility index (Phi) is 3.19. The quantitative estimate of drug-likeness (QED) is 0.834. The van der Waals surface area contributed by atoms with Gasteiger partial charge in [0, 0.05) is 25.3 Å². The molecule has 0 amide bonds. The molecule has 1 unspecified atom stereocenters. The second-order valence-corrected chi connectivity index (χ2v) is 4.73. The zero-order chi connectivity index (χ0) is 12.4. The Hall–Kier alpha value is -1.55. The highest BCUT2D eigenvalue weighted by atomic mass is 16.5. The summed E-state index contributed by atoms with van der Waals surface area (Å²) < 4.78 is 13.1. The zero-order valence-corrected chi connectivity index (χ0v) is 10.6. The van der Waals surface area contributed by atoms with Crippen LogP contribution in [0.25, 0.3) is 5.52 Å². The summed E-state index contributed by atoms with van der Waals surface area (Å²) in [5, 5.41) is 0. The number of imidazole rings is 1. The first-order chi connectivity index (χ1) is 8.86. The summed E-state index contributed by atoms with van der Waals surface area (Å²) in [7, 11) is 1.68. The molecule has 2 aromatic heterocycles. The number of methoxy groups -OCH3 is 1. The van der Waals surface area contributed by atoms with Crippen molar-refractivity contribution >= 4 is 5.52 Å². The van der Waals surface area contributed by atoms with Crippen LogP contribution in [0.15, 0.2) is 24.5 Å². The summed E-state index contributed by atoms with van der Waals surface area (Å²) in [4.78, 5) is 4.49. The first kappa shape index (κ1) is 11.5. The van der Waals surface area contributed by atoms with Crippen molar-refractivity contribution in [3.05, 3.63) is 30.4 Å². The topological polar surface area (TPSA) is 35.8 Å². The van der Waals surface area contributed by atoms with Crippen molar-refractivity contribution < 1.29 is 9.47 Å². The predicted molar refractivity (Wildman–Crippen MR) is 69.0 cm³/mol. The lowest BCUT2D eigenvalue weighted by atomic mass is 10.1. The molecule has 1 atom stereocenters. The molecule has 3 heterocycles. The molecular formula is C14H18N2O2. The Bertz CT molecular complexity index is 530. The lowest BCUT2D eigenvalue weighted by Gasteiger charge is -2.21. The molecular weight excluding hydrogens is 228 g/mol. The van der Waals surface area contributed by atoms with Gasteiger partial charge in [-0.25, -0.2) is 4.98 Å². The van der Waals surface area contributed by atoms with Gasteiger partial charge in [-0.05, 0) is 25.3 Å². The summed E-state index contributed by atoms with van der Waals surface area (Å²) in [6.07, 6.45) is 8.72. The van der Waals surface area contributed by atoms with E-state index in [1.807, 2.05) is 24.5 Å². The Labute approximate surface area is 107 Å². The molecule has 2 aromatic rings. The third-order valence-corrected chi connectivity index (χ3v) is 3.50. The summed E-state index contributed by atoms with van der Waals surface area (Å²) in [5.74, 6) is 1.93. The van der Waals surface area contributed by atoms with E-state index in [9.17, 15) is 0 Å². The average Bonchev–Trinajstić information content (AvgIpc) is 2.82. The van der Waals surface area contributed by atoms with Gasteiger partial charge < -0.3 is 13.9 Å². The van der Waals surface area contributed by atoms with Gasteiger partial charge in [0.2, 0.25) is 0 Å². The lowest BCUT2D eigenvalue weighted by molar-refractivity contribution is 0.0156. The Morgan fingerprint density at radius 3 is 3.22 bits per heavy atom. The van der Waals surface area contributed by atoms with Crippen LogP contribution >= 0.6 is 0 Å². The van der Waals surface area contributed by atoms with Gasteiger partial charge >= 0.3 is 0 Å². The Morgan fingerprint density at radius 1 is 1.50 bits per heavy atom. The van der Waals surface area contributed by atoms with Crippen molar-refractivity contribution in [1.29, 1.82) is 0 Å². The number of hydrogen-bond donors (Lipinski definition) is 0. The number of nitrogens with zero attached hydrogens (tertiary/aromatic N) is 2. The fourth-order valence-electron chi connectivity index (χ4n) is 2.48. The molecule has 0 aromatic carbocycles. The minimum absolute atomic E-state index is 0.325. The Balaban J connectivity index is 1.83. The van der Waals surface area contributed by atoms with Crippen molar-refractivity contribution in [2.45, 2.75) is 31.8 Å². The van der Waals surface area contributed by atoms with E-state index in [2.05, 4.69) is 9.38 Å². The van der Waals surface area contributed by atoms with Gasteiger partial charge in [0.05, 0.1) is 24.9 Å². The average molecular weight is 246 g/mol. The first-order valence-corrected chi connectivity index (χ1v) is 6.48. The standard InChI is InChI=1S/C14H18N2O2/c1-17-12-5-6-16-11(8-12)10-15-14(16)9-13-4-2-3-7-18-13/h5-6,8,10,13H,2-4,7,9H2,1H3. The van der Waals surface area contributed by atoms with Gasteiger partial charge in [-0.15, -0.1) is 0 Å². The molecule has 96 valence electrons. The maximum absolute atomic E-state index is 5.77. The molecule has 0 saturated carbocycles. The van der Waals surface area contributed by atoms with Gasteiger partial charge in [-0.1, -0.05) is 0 Å². The summed E-state index contributed by atoms with van der Waals surface area (Å²) in [6.45, 7) is 0.891. The molecule has 1 fully saturated rings. The summed E-state index contributed by atoms with van der Waals surface area (Å²) in [6, 6.07) is 3.96. The number of aromatic nitrogens is 2. The van der Waals surface area contributed by atoms with Gasteiger partial charge in [0.25, 0.3) is 0 Å². The van der Waals surface area contributed by atoms with Crippen LogP contribution in [-0.2, 0) is 11.2 Å². The minimum atomic E-state index is 0.325. The van der Waals surface area contributed by atoms with Crippen LogP contribution in [0.3, 0.4) is 0 Å². The van der Waals surface area contributed by atoms with Gasteiger partial charge in [-0.2, -0.15) is 0 Å². The minimum Gasteiger partial charge on any atom is -0.497 e. The van der Waals surface area contributed by atoms with Gasteiger partial charge in [-0.3, -0.25) is 0 Å². The fraction of sp³-hybridized carbons (Fsp3) is 0.500. The van der Waals surface area contributed by atoms with E-state index in [0.717, 1.165) is 36.5 Å². The molecule has 3 rings (SSSR count). The molecule has 18 heavy (non-hydrogen) atoms. The molecule has 0 N–H and O–H groups in total. The molecule has 1 aliphatic heterocycles. The van der Waals surface area contributed by atoms with E-state index in [1.54, 1.807) is 7.11 Å². The van der Waals surface area contributed by atoms with E-state index in [4.69, 9.17) is 9.47 Å². The number of ether oxygens (including phenoxy) is 2. The number of pyridine rings is 1. The van der Waals surface area contributed by atoms with Crippen LogP contribution in [0.2, 0.25) is 0 Å². The summed E-state index contributed by atoms with van der Waals surface area (Å²) >= 11 is 0. The van der Waals surface area contributed by atoms with Crippen molar-refractivity contribution in [3.8, 4) is 5.75 Å². The van der Waals surface area contributed by atoms with E-state index in [1.165, 1.54) is 12.8 Å². The van der Waals surface area contributed by atoms with Gasteiger partial charge in [0.15, 0.2) is 0 Å². The van der Waals surface area contributed by atoms with E-state index in [0.29, 0.717) is 6.10 Å². The molecule has 0 radical (unpaired) electrons.